The highest BCUT2D eigenvalue weighted by atomic mass is 16.5. The van der Waals surface area contributed by atoms with E-state index >= 15 is 0 Å². The average molecular weight is 194 g/mol. The first-order valence-corrected chi connectivity index (χ1v) is 6.48. The average Bonchev–Trinajstić information content (AvgIpc) is 2.18. The number of ether oxygens (including phenoxy) is 1. The number of rotatable bonds is 1. The first-order valence-electron chi connectivity index (χ1n) is 6.48. The Morgan fingerprint density at radius 3 is 2.21 bits per heavy atom. The number of fused-ring (bicyclic) bond motifs is 2. The lowest BCUT2D eigenvalue weighted by atomic mass is 9.67. The van der Waals surface area contributed by atoms with Gasteiger partial charge in [-0.2, -0.15) is 0 Å². The summed E-state index contributed by atoms with van der Waals surface area (Å²) >= 11 is 0. The molecule has 0 spiro atoms. The summed E-state index contributed by atoms with van der Waals surface area (Å²) in [7, 11) is 0. The maximum Gasteiger partial charge on any atom is 0.0634 e. The Morgan fingerprint density at radius 2 is 1.64 bits per heavy atom. The summed E-state index contributed by atoms with van der Waals surface area (Å²) in [6, 6.07) is 0. The predicted octanol–water partition coefficient (Wildman–Crippen LogP) is 3.38. The van der Waals surface area contributed by atoms with E-state index in [9.17, 15) is 0 Å². The zero-order chi connectivity index (χ0) is 9.54. The third kappa shape index (κ3) is 1.50. The second-order valence-corrected chi connectivity index (χ2v) is 5.79. The number of hydrogen-bond acceptors (Lipinski definition) is 1. The molecule has 3 unspecified atom stereocenters. The van der Waals surface area contributed by atoms with Gasteiger partial charge in [-0.15, -0.1) is 0 Å². The Balaban J connectivity index is 1.59. The molecule has 2 heterocycles. The van der Waals surface area contributed by atoms with Crippen molar-refractivity contribution in [2.75, 3.05) is 0 Å². The predicted molar refractivity (Wildman–Crippen MR) is 57.1 cm³/mol. The molecule has 80 valence electrons. The van der Waals surface area contributed by atoms with Gasteiger partial charge >= 0.3 is 0 Å². The molecule has 0 aromatic heterocycles. The molecule has 4 fully saturated rings. The fourth-order valence-corrected chi connectivity index (χ4v) is 3.77. The Kier molecular flexibility index (Phi) is 2.31. The first-order chi connectivity index (χ1) is 6.83. The van der Waals surface area contributed by atoms with Crippen LogP contribution in [0.3, 0.4) is 0 Å². The molecular formula is C13H22O. The summed E-state index contributed by atoms with van der Waals surface area (Å²) < 4.78 is 5.87. The molecule has 0 radical (unpaired) electrons. The van der Waals surface area contributed by atoms with Crippen LogP contribution in [0.2, 0.25) is 0 Å². The molecule has 4 aliphatic rings. The third-order valence-electron chi connectivity index (χ3n) is 4.83. The molecule has 2 saturated heterocycles. The van der Waals surface area contributed by atoms with Crippen molar-refractivity contribution in [1.29, 1.82) is 0 Å². The Labute approximate surface area is 87.2 Å². The van der Waals surface area contributed by atoms with Gasteiger partial charge in [-0.1, -0.05) is 19.8 Å². The van der Waals surface area contributed by atoms with Gasteiger partial charge in [-0.3, -0.25) is 0 Å². The first kappa shape index (κ1) is 9.21. The molecule has 2 bridgehead atoms. The summed E-state index contributed by atoms with van der Waals surface area (Å²) in [4.78, 5) is 0. The molecule has 4 rings (SSSR count). The van der Waals surface area contributed by atoms with Crippen LogP contribution in [0, 0.1) is 17.8 Å². The van der Waals surface area contributed by atoms with Crippen molar-refractivity contribution in [3.63, 3.8) is 0 Å². The van der Waals surface area contributed by atoms with Gasteiger partial charge < -0.3 is 4.74 Å². The molecule has 3 atom stereocenters. The van der Waals surface area contributed by atoms with Crippen molar-refractivity contribution < 1.29 is 4.74 Å². The van der Waals surface area contributed by atoms with E-state index in [0.29, 0.717) is 12.2 Å². The number of hydrogen-bond donors (Lipinski definition) is 0. The van der Waals surface area contributed by atoms with Crippen LogP contribution in [0.4, 0.5) is 0 Å². The standard InChI is InChI=1S/C13H22O/c1-9-2-4-10(5-3-9)12-7-6-11-8-13(12)14-11/h9-13H,2-8H2,1H3. The van der Waals surface area contributed by atoms with E-state index in [4.69, 9.17) is 4.74 Å². The highest BCUT2D eigenvalue weighted by Gasteiger charge is 2.44. The minimum Gasteiger partial charge on any atom is -0.374 e. The van der Waals surface area contributed by atoms with Crippen LogP contribution in [0.1, 0.15) is 51.9 Å². The fraction of sp³-hybridized carbons (Fsp3) is 1.00. The molecule has 2 saturated carbocycles. The SMILES string of the molecule is CC1CCC(C2CCC3CC2O3)CC1. The van der Waals surface area contributed by atoms with E-state index in [1.807, 2.05) is 0 Å². The summed E-state index contributed by atoms with van der Waals surface area (Å²) in [5.74, 6) is 2.94. The molecule has 14 heavy (non-hydrogen) atoms. The molecule has 2 aliphatic carbocycles. The molecule has 2 aliphatic heterocycles. The Hall–Kier alpha value is -0.0400. The van der Waals surface area contributed by atoms with Crippen LogP contribution in [-0.4, -0.2) is 12.2 Å². The maximum atomic E-state index is 5.87. The van der Waals surface area contributed by atoms with Crippen LogP contribution in [0.25, 0.3) is 0 Å². The van der Waals surface area contributed by atoms with E-state index in [1.54, 1.807) is 0 Å². The molecule has 0 amide bonds. The van der Waals surface area contributed by atoms with E-state index < -0.39 is 0 Å². The topological polar surface area (TPSA) is 9.23 Å². The van der Waals surface area contributed by atoms with Crippen molar-refractivity contribution in [3.05, 3.63) is 0 Å². The zero-order valence-electron chi connectivity index (χ0n) is 9.24. The summed E-state index contributed by atoms with van der Waals surface area (Å²) in [6.07, 6.45) is 11.4. The smallest absolute Gasteiger partial charge is 0.0634 e. The van der Waals surface area contributed by atoms with Crippen molar-refractivity contribution in [2.24, 2.45) is 17.8 Å². The third-order valence-corrected chi connectivity index (χ3v) is 4.83. The summed E-state index contributed by atoms with van der Waals surface area (Å²) in [5.41, 5.74) is 0. The van der Waals surface area contributed by atoms with Gasteiger partial charge in [-0.05, 0) is 43.4 Å². The van der Waals surface area contributed by atoms with E-state index in [0.717, 1.165) is 17.8 Å². The maximum absolute atomic E-state index is 5.87. The van der Waals surface area contributed by atoms with Crippen molar-refractivity contribution in [1.82, 2.24) is 0 Å². The van der Waals surface area contributed by atoms with E-state index in [2.05, 4.69) is 6.92 Å². The summed E-state index contributed by atoms with van der Waals surface area (Å²) in [5, 5.41) is 0. The highest BCUT2D eigenvalue weighted by molar-refractivity contribution is 4.93. The fourth-order valence-electron chi connectivity index (χ4n) is 3.77. The van der Waals surface area contributed by atoms with E-state index in [1.165, 1.54) is 44.9 Å². The molecule has 1 heteroatoms. The van der Waals surface area contributed by atoms with Crippen LogP contribution in [0.5, 0.6) is 0 Å². The van der Waals surface area contributed by atoms with Crippen molar-refractivity contribution >= 4 is 0 Å². The van der Waals surface area contributed by atoms with Gasteiger partial charge in [0.1, 0.15) is 0 Å². The minimum absolute atomic E-state index is 0.666. The van der Waals surface area contributed by atoms with Crippen molar-refractivity contribution in [2.45, 2.75) is 64.1 Å². The van der Waals surface area contributed by atoms with Gasteiger partial charge in [0.25, 0.3) is 0 Å². The largest absolute Gasteiger partial charge is 0.374 e. The van der Waals surface area contributed by atoms with Crippen LogP contribution in [-0.2, 0) is 4.74 Å². The second-order valence-electron chi connectivity index (χ2n) is 5.79. The monoisotopic (exact) mass is 194 g/mol. The van der Waals surface area contributed by atoms with Crippen LogP contribution >= 0.6 is 0 Å². The second kappa shape index (κ2) is 3.52. The van der Waals surface area contributed by atoms with Gasteiger partial charge in [0, 0.05) is 6.42 Å². The molecule has 1 nitrogen and oxygen atoms in total. The van der Waals surface area contributed by atoms with Gasteiger partial charge in [0.2, 0.25) is 0 Å². The molecule has 0 aromatic rings. The zero-order valence-corrected chi connectivity index (χ0v) is 9.24. The lowest BCUT2D eigenvalue weighted by molar-refractivity contribution is -0.198. The van der Waals surface area contributed by atoms with Gasteiger partial charge in [-0.25, -0.2) is 0 Å². The lowest BCUT2D eigenvalue weighted by Gasteiger charge is -2.50. The Morgan fingerprint density at radius 1 is 0.929 bits per heavy atom. The quantitative estimate of drug-likeness (QED) is 0.622. The normalized spacial score (nSPS) is 52.5. The lowest BCUT2D eigenvalue weighted by Crippen LogP contribution is -2.50. The molecular weight excluding hydrogens is 172 g/mol. The molecule has 0 N–H and O–H groups in total. The van der Waals surface area contributed by atoms with Crippen LogP contribution < -0.4 is 0 Å². The molecule has 0 aromatic carbocycles. The van der Waals surface area contributed by atoms with Crippen LogP contribution in [0.15, 0.2) is 0 Å². The minimum atomic E-state index is 0.666. The van der Waals surface area contributed by atoms with Gasteiger partial charge in [0.05, 0.1) is 12.2 Å². The highest BCUT2D eigenvalue weighted by Crippen LogP contribution is 2.46. The van der Waals surface area contributed by atoms with Gasteiger partial charge in [0.15, 0.2) is 0 Å². The van der Waals surface area contributed by atoms with E-state index in [-0.39, 0.29) is 0 Å². The van der Waals surface area contributed by atoms with Crippen molar-refractivity contribution in [3.8, 4) is 0 Å². The Bertz CT molecular complexity index is 197. The summed E-state index contributed by atoms with van der Waals surface area (Å²) in [6.45, 7) is 2.41.